The third kappa shape index (κ3) is 5.14. The summed E-state index contributed by atoms with van der Waals surface area (Å²) in [5.41, 5.74) is 4.70. The van der Waals surface area contributed by atoms with Crippen molar-refractivity contribution in [2.75, 3.05) is 31.5 Å². The molecule has 1 fully saturated rings. The highest BCUT2D eigenvalue weighted by Crippen LogP contribution is 2.20. The number of piperazine rings is 1. The number of fused-ring (bicyclic) bond motifs is 1. The van der Waals surface area contributed by atoms with Crippen molar-refractivity contribution in [2.24, 2.45) is 0 Å². The van der Waals surface area contributed by atoms with Crippen LogP contribution in [-0.2, 0) is 6.54 Å². The average Bonchev–Trinajstić information content (AvgIpc) is 3.38. The van der Waals surface area contributed by atoms with E-state index >= 15 is 0 Å². The van der Waals surface area contributed by atoms with E-state index < -0.39 is 5.91 Å². The molecule has 4 N–H and O–H groups in total. The van der Waals surface area contributed by atoms with Crippen molar-refractivity contribution in [3.63, 3.8) is 0 Å². The van der Waals surface area contributed by atoms with Gasteiger partial charge in [0.25, 0.3) is 17.7 Å². The van der Waals surface area contributed by atoms with E-state index in [9.17, 15) is 14.4 Å². The number of hydrogen-bond acceptors (Lipinski definition) is 6. The van der Waals surface area contributed by atoms with E-state index in [1.165, 1.54) is 12.1 Å². The summed E-state index contributed by atoms with van der Waals surface area (Å²) in [5, 5.41) is 20.5. The van der Waals surface area contributed by atoms with Crippen LogP contribution in [0.1, 0.15) is 36.6 Å². The number of nitrogens with one attached hydrogen (secondary N) is 3. The molecule has 0 saturated carbocycles. The number of aromatic amines is 1. The monoisotopic (exact) mass is 498 g/mol. The Morgan fingerprint density at radius 1 is 0.811 bits per heavy atom. The molecule has 1 saturated heterocycles. The summed E-state index contributed by atoms with van der Waals surface area (Å²) >= 11 is 0. The number of aromatic nitrogens is 2. The molecule has 1 aliphatic heterocycles. The van der Waals surface area contributed by atoms with E-state index in [0.29, 0.717) is 43.9 Å². The van der Waals surface area contributed by atoms with E-state index in [-0.39, 0.29) is 17.4 Å². The molecule has 2 heterocycles. The number of nitrogens with zero attached hydrogens (tertiary/aromatic N) is 3. The fraction of sp³-hybridized carbons (Fsp3) is 0.185. The Balaban J connectivity index is 1.15. The second-order valence-electron chi connectivity index (χ2n) is 8.77. The van der Waals surface area contributed by atoms with Crippen LogP contribution >= 0.6 is 0 Å². The van der Waals surface area contributed by atoms with Crippen molar-refractivity contribution in [1.82, 2.24) is 25.5 Å². The zero-order valence-electron chi connectivity index (χ0n) is 20.0. The lowest BCUT2D eigenvalue weighted by Crippen LogP contribution is -2.50. The quantitative estimate of drug-likeness (QED) is 0.239. The maximum atomic E-state index is 13.0. The Morgan fingerprint density at radius 3 is 2.16 bits per heavy atom. The molecule has 10 heteroatoms. The minimum Gasteiger partial charge on any atom is -0.364 e. The van der Waals surface area contributed by atoms with Gasteiger partial charge in [-0.05, 0) is 48.0 Å². The van der Waals surface area contributed by atoms with Gasteiger partial charge in [-0.25, -0.2) is 5.48 Å². The molecule has 0 unspecified atom stereocenters. The summed E-state index contributed by atoms with van der Waals surface area (Å²) < 4.78 is 0. The second kappa shape index (κ2) is 10.5. The van der Waals surface area contributed by atoms with Crippen molar-refractivity contribution in [3.8, 4) is 0 Å². The highest BCUT2D eigenvalue weighted by molar-refractivity contribution is 5.99. The first-order valence-corrected chi connectivity index (χ1v) is 11.9. The standard InChI is InChI=1S/C27H26N6O4/c34-25(31-37)20-4-3-5-21(16-20)27(36)33-14-12-32(13-15-33)26(35)19-10-8-18(9-11-19)17-28-24-22-6-1-2-7-23(22)29-30-24/h1-11,16,37H,12-15,17H2,(H,31,34)(H2,28,29,30). The normalized spacial score (nSPS) is 13.4. The number of carbonyl (C=O) groups excluding carboxylic acids is 3. The van der Waals surface area contributed by atoms with E-state index in [0.717, 1.165) is 22.3 Å². The molecule has 3 aromatic carbocycles. The van der Waals surface area contributed by atoms with Crippen molar-refractivity contribution < 1.29 is 19.6 Å². The van der Waals surface area contributed by atoms with Gasteiger partial charge in [-0.3, -0.25) is 24.7 Å². The first-order valence-electron chi connectivity index (χ1n) is 11.9. The Kier molecular flexibility index (Phi) is 6.82. The van der Waals surface area contributed by atoms with E-state index in [1.807, 2.05) is 48.5 Å². The SMILES string of the molecule is O=C(NO)c1cccc(C(=O)N2CCN(C(=O)c3ccc(CNc4n[nH]c5ccccc45)cc3)CC2)c1. The smallest absolute Gasteiger partial charge is 0.274 e. The van der Waals surface area contributed by atoms with Crippen LogP contribution in [0.5, 0.6) is 0 Å². The fourth-order valence-electron chi connectivity index (χ4n) is 4.38. The molecular weight excluding hydrogens is 472 g/mol. The Morgan fingerprint density at radius 2 is 1.46 bits per heavy atom. The molecule has 0 spiro atoms. The minimum absolute atomic E-state index is 0.0773. The first kappa shape index (κ1) is 24.0. The summed E-state index contributed by atoms with van der Waals surface area (Å²) in [6.45, 7) is 2.18. The van der Waals surface area contributed by atoms with E-state index in [4.69, 9.17) is 5.21 Å². The molecule has 1 aromatic heterocycles. The third-order valence-corrected chi connectivity index (χ3v) is 6.46. The Bertz CT molecular complexity index is 1440. The van der Waals surface area contributed by atoms with Gasteiger partial charge in [0.05, 0.1) is 5.52 Å². The van der Waals surface area contributed by atoms with Crippen molar-refractivity contribution in [1.29, 1.82) is 0 Å². The third-order valence-electron chi connectivity index (χ3n) is 6.46. The number of H-pyrrole nitrogens is 1. The number of para-hydroxylation sites is 1. The van der Waals surface area contributed by atoms with E-state index in [1.54, 1.807) is 27.4 Å². The van der Waals surface area contributed by atoms with Crippen LogP contribution in [0, 0.1) is 0 Å². The average molecular weight is 499 g/mol. The highest BCUT2D eigenvalue weighted by Gasteiger charge is 2.26. The lowest BCUT2D eigenvalue weighted by molar-refractivity contribution is 0.0535. The number of hydrogen-bond donors (Lipinski definition) is 4. The molecule has 1 aliphatic rings. The lowest BCUT2D eigenvalue weighted by atomic mass is 10.1. The number of rotatable bonds is 6. The summed E-state index contributed by atoms with van der Waals surface area (Å²) in [7, 11) is 0. The summed E-state index contributed by atoms with van der Waals surface area (Å²) in [5.74, 6) is -0.194. The maximum absolute atomic E-state index is 13.0. The summed E-state index contributed by atoms with van der Waals surface area (Å²) in [4.78, 5) is 40.9. The summed E-state index contributed by atoms with van der Waals surface area (Å²) in [6, 6.07) is 21.5. The van der Waals surface area contributed by atoms with Crippen LogP contribution in [0.15, 0.2) is 72.8 Å². The van der Waals surface area contributed by atoms with Gasteiger partial charge in [-0.1, -0.05) is 30.3 Å². The van der Waals surface area contributed by atoms with Crippen molar-refractivity contribution in [2.45, 2.75) is 6.54 Å². The lowest BCUT2D eigenvalue weighted by Gasteiger charge is -2.35. The van der Waals surface area contributed by atoms with Gasteiger partial charge in [0.2, 0.25) is 0 Å². The predicted molar refractivity (Wildman–Crippen MR) is 137 cm³/mol. The molecule has 4 aromatic rings. The van der Waals surface area contributed by atoms with Crippen LogP contribution in [0.3, 0.4) is 0 Å². The van der Waals surface area contributed by atoms with Crippen LogP contribution in [0.4, 0.5) is 5.82 Å². The highest BCUT2D eigenvalue weighted by atomic mass is 16.5. The Hall–Kier alpha value is -4.70. The minimum atomic E-state index is -0.679. The number of carbonyl (C=O) groups is 3. The molecular formula is C27H26N6O4. The fourth-order valence-corrected chi connectivity index (χ4v) is 4.38. The first-order chi connectivity index (χ1) is 18.0. The number of hydroxylamine groups is 1. The molecule has 188 valence electrons. The Labute approximate surface area is 212 Å². The van der Waals surface area contributed by atoms with Gasteiger partial charge >= 0.3 is 0 Å². The number of amides is 3. The van der Waals surface area contributed by atoms with Crippen molar-refractivity contribution in [3.05, 3.63) is 95.1 Å². The maximum Gasteiger partial charge on any atom is 0.274 e. The van der Waals surface area contributed by atoms with Gasteiger partial charge in [0.15, 0.2) is 5.82 Å². The zero-order valence-corrected chi connectivity index (χ0v) is 20.0. The molecule has 0 bridgehead atoms. The molecule has 0 radical (unpaired) electrons. The van der Waals surface area contributed by atoms with Gasteiger partial charge in [0.1, 0.15) is 0 Å². The van der Waals surface area contributed by atoms with Crippen LogP contribution < -0.4 is 10.8 Å². The molecule has 37 heavy (non-hydrogen) atoms. The molecule has 10 nitrogen and oxygen atoms in total. The molecule has 5 rings (SSSR count). The number of benzene rings is 3. The topological polar surface area (TPSA) is 131 Å². The van der Waals surface area contributed by atoms with Crippen LogP contribution in [-0.4, -0.2) is 69.1 Å². The predicted octanol–water partition coefficient (Wildman–Crippen LogP) is 2.89. The largest absolute Gasteiger partial charge is 0.364 e. The van der Waals surface area contributed by atoms with Gasteiger partial charge in [-0.2, -0.15) is 5.10 Å². The van der Waals surface area contributed by atoms with Gasteiger partial charge < -0.3 is 15.1 Å². The van der Waals surface area contributed by atoms with Crippen LogP contribution in [0.25, 0.3) is 10.9 Å². The molecule has 0 aliphatic carbocycles. The molecule has 0 atom stereocenters. The van der Waals surface area contributed by atoms with Gasteiger partial charge in [0, 0.05) is 54.8 Å². The summed E-state index contributed by atoms with van der Waals surface area (Å²) in [6.07, 6.45) is 0. The zero-order chi connectivity index (χ0) is 25.8. The van der Waals surface area contributed by atoms with Crippen LogP contribution in [0.2, 0.25) is 0 Å². The van der Waals surface area contributed by atoms with Gasteiger partial charge in [-0.15, -0.1) is 0 Å². The van der Waals surface area contributed by atoms with E-state index in [2.05, 4.69) is 15.5 Å². The van der Waals surface area contributed by atoms with Crippen molar-refractivity contribution >= 4 is 34.4 Å². The number of anilines is 1. The second-order valence-corrected chi connectivity index (χ2v) is 8.77. The molecule has 3 amide bonds.